The standard InChI is InChI=1S/C16H18ClNO3/c17-12-3-5-13(6-4-12)18-16(20)21-9-15-11-2-1-10(7-11)14(15)8-19/h1-6,10-11,14-15,19H,7-9H2,(H,18,20)/t10-,11+,14-,15+/m0/s1. The van der Waals surface area contributed by atoms with Crippen LogP contribution in [-0.2, 0) is 4.74 Å². The molecule has 2 N–H and O–H groups in total. The van der Waals surface area contributed by atoms with Gasteiger partial charge in [-0.1, -0.05) is 23.8 Å². The summed E-state index contributed by atoms with van der Waals surface area (Å²) in [6.45, 7) is 0.495. The fraction of sp³-hybridized carbons (Fsp3) is 0.438. The third-order valence-corrected chi connectivity index (χ3v) is 4.76. The van der Waals surface area contributed by atoms with Crippen LogP contribution in [0.1, 0.15) is 6.42 Å². The van der Waals surface area contributed by atoms with Gasteiger partial charge in [0.15, 0.2) is 0 Å². The van der Waals surface area contributed by atoms with Crippen LogP contribution >= 0.6 is 11.6 Å². The summed E-state index contributed by atoms with van der Waals surface area (Å²) in [4.78, 5) is 11.8. The van der Waals surface area contributed by atoms with Crippen molar-refractivity contribution in [3.8, 4) is 0 Å². The molecular formula is C16H18ClNO3. The van der Waals surface area contributed by atoms with E-state index in [2.05, 4.69) is 17.5 Å². The zero-order chi connectivity index (χ0) is 14.8. The Morgan fingerprint density at radius 1 is 1.24 bits per heavy atom. The summed E-state index contributed by atoms with van der Waals surface area (Å²) in [6, 6.07) is 6.86. The van der Waals surface area contributed by atoms with E-state index in [1.54, 1.807) is 24.3 Å². The van der Waals surface area contributed by atoms with Crippen LogP contribution in [0.15, 0.2) is 36.4 Å². The van der Waals surface area contributed by atoms with E-state index in [0.29, 0.717) is 29.2 Å². The number of nitrogens with one attached hydrogen (secondary N) is 1. The van der Waals surface area contributed by atoms with Crippen molar-refractivity contribution < 1.29 is 14.6 Å². The average Bonchev–Trinajstić information content (AvgIpc) is 3.08. The molecule has 5 heteroatoms. The predicted octanol–water partition coefficient (Wildman–Crippen LogP) is 3.32. The normalized spacial score (nSPS) is 29.6. The lowest BCUT2D eigenvalue weighted by Gasteiger charge is -2.25. The van der Waals surface area contributed by atoms with Gasteiger partial charge in [0.1, 0.15) is 0 Å². The lowest BCUT2D eigenvalue weighted by Crippen LogP contribution is -2.29. The largest absolute Gasteiger partial charge is 0.449 e. The molecule has 2 aliphatic rings. The van der Waals surface area contributed by atoms with Crippen LogP contribution in [0.25, 0.3) is 0 Å². The van der Waals surface area contributed by atoms with Gasteiger partial charge in [0, 0.05) is 23.2 Å². The highest BCUT2D eigenvalue weighted by atomic mass is 35.5. The van der Waals surface area contributed by atoms with Gasteiger partial charge in [0.2, 0.25) is 0 Å². The van der Waals surface area contributed by atoms with Gasteiger partial charge in [-0.15, -0.1) is 0 Å². The monoisotopic (exact) mass is 307 g/mol. The number of anilines is 1. The number of carbonyl (C=O) groups is 1. The summed E-state index contributed by atoms with van der Waals surface area (Å²) in [5, 5.41) is 12.8. The lowest BCUT2D eigenvalue weighted by molar-refractivity contribution is 0.0911. The van der Waals surface area contributed by atoms with Crippen molar-refractivity contribution in [3.63, 3.8) is 0 Å². The van der Waals surface area contributed by atoms with Crippen molar-refractivity contribution in [1.29, 1.82) is 0 Å². The lowest BCUT2D eigenvalue weighted by atomic mass is 9.84. The summed E-state index contributed by atoms with van der Waals surface area (Å²) in [5.74, 6) is 1.30. The first-order chi connectivity index (χ1) is 10.2. The summed E-state index contributed by atoms with van der Waals surface area (Å²) in [7, 11) is 0. The van der Waals surface area contributed by atoms with E-state index in [0.717, 1.165) is 6.42 Å². The van der Waals surface area contributed by atoms with Crippen LogP contribution in [-0.4, -0.2) is 24.4 Å². The molecule has 0 aromatic heterocycles. The molecule has 4 nitrogen and oxygen atoms in total. The SMILES string of the molecule is O=C(Nc1ccc(Cl)cc1)OC[C@H]1[C@@H](CO)[C@H]2C=C[C@@H]1C2. The molecule has 0 radical (unpaired) electrons. The van der Waals surface area contributed by atoms with E-state index in [1.165, 1.54) is 0 Å². The number of rotatable bonds is 4. The summed E-state index contributed by atoms with van der Waals surface area (Å²) in [6.07, 6.45) is 4.95. The number of aliphatic hydroxyl groups is 1. The quantitative estimate of drug-likeness (QED) is 0.839. The smallest absolute Gasteiger partial charge is 0.411 e. The Hall–Kier alpha value is -1.52. The van der Waals surface area contributed by atoms with Gasteiger partial charge in [-0.3, -0.25) is 5.32 Å². The highest BCUT2D eigenvalue weighted by Gasteiger charge is 2.44. The van der Waals surface area contributed by atoms with Crippen LogP contribution in [0.3, 0.4) is 0 Å². The number of aliphatic hydroxyl groups excluding tert-OH is 1. The molecular weight excluding hydrogens is 290 g/mol. The van der Waals surface area contributed by atoms with Crippen molar-refractivity contribution in [1.82, 2.24) is 0 Å². The second-order valence-corrected chi connectivity index (χ2v) is 6.13. The van der Waals surface area contributed by atoms with E-state index < -0.39 is 6.09 Å². The van der Waals surface area contributed by atoms with E-state index in [1.807, 2.05) is 0 Å². The van der Waals surface area contributed by atoms with Crippen molar-refractivity contribution in [3.05, 3.63) is 41.4 Å². The number of amides is 1. The summed E-state index contributed by atoms with van der Waals surface area (Å²) < 4.78 is 5.32. The highest BCUT2D eigenvalue weighted by molar-refractivity contribution is 6.30. The van der Waals surface area contributed by atoms with E-state index in [-0.39, 0.29) is 18.4 Å². The van der Waals surface area contributed by atoms with E-state index in [9.17, 15) is 9.90 Å². The molecule has 4 atom stereocenters. The number of fused-ring (bicyclic) bond motifs is 2. The molecule has 112 valence electrons. The van der Waals surface area contributed by atoms with E-state index in [4.69, 9.17) is 16.3 Å². The Labute approximate surface area is 128 Å². The molecule has 0 aliphatic heterocycles. The maximum absolute atomic E-state index is 11.8. The van der Waals surface area contributed by atoms with Gasteiger partial charge in [-0.25, -0.2) is 4.79 Å². The topological polar surface area (TPSA) is 58.6 Å². The summed E-state index contributed by atoms with van der Waals surface area (Å²) in [5.41, 5.74) is 0.649. The van der Waals surface area contributed by atoms with Gasteiger partial charge >= 0.3 is 6.09 Å². The van der Waals surface area contributed by atoms with Crippen LogP contribution in [0, 0.1) is 23.7 Å². The van der Waals surface area contributed by atoms with Gasteiger partial charge in [-0.05, 0) is 48.4 Å². The van der Waals surface area contributed by atoms with Gasteiger partial charge < -0.3 is 9.84 Å². The minimum Gasteiger partial charge on any atom is -0.449 e. The maximum Gasteiger partial charge on any atom is 0.411 e. The Morgan fingerprint density at radius 2 is 1.90 bits per heavy atom. The number of benzene rings is 1. The number of hydrogen-bond donors (Lipinski definition) is 2. The molecule has 0 saturated heterocycles. The van der Waals surface area contributed by atoms with Gasteiger partial charge in [0.05, 0.1) is 6.61 Å². The fourth-order valence-electron chi connectivity index (χ4n) is 3.40. The zero-order valence-electron chi connectivity index (χ0n) is 11.5. The number of ether oxygens (including phenoxy) is 1. The van der Waals surface area contributed by atoms with Crippen molar-refractivity contribution in [2.24, 2.45) is 23.7 Å². The number of hydrogen-bond acceptors (Lipinski definition) is 3. The average molecular weight is 308 g/mol. The van der Waals surface area contributed by atoms with Gasteiger partial charge in [0.25, 0.3) is 0 Å². The number of allylic oxidation sites excluding steroid dienone is 2. The van der Waals surface area contributed by atoms with Crippen LogP contribution < -0.4 is 5.32 Å². The maximum atomic E-state index is 11.8. The number of halogens is 1. The molecule has 1 amide bonds. The Morgan fingerprint density at radius 3 is 2.57 bits per heavy atom. The number of carbonyl (C=O) groups excluding carboxylic acids is 1. The molecule has 1 aromatic rings. The Kier molecular flexibility index (Phi) is 4.17. The highest BCUT2D eigenvalue weighted by Crippen LogP contribution is 2.47. The second kappa shape index (κ2) is 6.08. The molecule has 1 saturated carbocycles. The molecule has 0 heterocycles. The molecule has 2 aliphatic carbocycles. The first kappa shape index (κ1) is 14.4. The van der Waals surface area contributed by atoms with Crippen LogP contribution in [0.5, 0.6) is 0 Å². The molecule has 3 rings (SSSR count). The van der Waals surface area contributed by atoms with Crippen molar-refractivity contribution >= 4 is 23.4 Å². The first-order valence-corrected chi connectivity index (χ1v) is 7.53. The molecule has 0 unspecified atom stereocenters. The van der Waals surface area contributed by atoms with Crippen LogP contribution in [0.2, 0.25) is 5.02 Å². The van der Waals surface area contributed by atoms with Gasteiger partial charge in [-0.2, -0.15) is 0 Å². The third-order valence-electron chi connectivity index (χ3n) is 4.51. The molecule has 21 heavy (non-hydrogen) atoms. The molecule has 2 bridgehead atoms. The minimum absolute atomic E-state index is 0.151. The minimum atomic E-state index is -0.472. The van der Waals surface area contributed by atoms with E-state index >= 15 is 0 Å². The molecule has 1 aromatic carbocycles. The second-order valence-electron chi connectivity index (χ2n) is 5.69. The fourth-order valence-corrected chi connectivity index (χ4v) is 3.53. The Balaban J connectivity index is 1.52. The third kappa shape index (κ3) is 3.06. The summed E-state index contributed by atoms with van der Waals surface area (Å²) >= 11 is 5.79. The Bertz CT molecular complexity index is 543. The zero-order valence-corrected chi connectivity index (χ0v) is 12.3. The van der Waals surface area contributed by atoms with Crippen molar-refractivity contribution in [2.75, 3.05) is 18.5 Å². The molecule has 0 spiro atoms. The first-order valence-electron chi connectivity index (χ1n) is 7.16. The molecule has 1 fully saturated rings. The van der Waals surface area contributed by atoms with Crippen molar-refractivity contribution in [2.45, 2.75) is 6.42 Å². The predicted molar refractivity (Wildman–Crippen MR) is 81.2 cm³/mol. The van der Waals surface area contributed by atoms with Crippen LogP contribution in [0.4, 0.5) is 10.5 Å².